The van der Waals surface area contributed by atoms with Crippen LogP contribution in [0.25, 0.3) is 0 Å². The third-order valence-corrected chi connectivity index (χ3v) is 4.14. The van der Waals surface area contributed by atoms with Crippen molar-refractivity contribution in [3.05, 3.63) is 27.8 Å². The Kier molecular flexibility index (Phi) is 5.22. The first kappa shape index (κ1) is 15.1. The second kappa shape index (κ2) is 6.92. The van der Waals surface area contributed by atoms with Crippen molar-refractivity contribution in [2.75, 3.05) is 25.0 Å². The fourth-order valence-corrected chi connectivity index (χ4v) is 2.81. The molecule has 1 aromatic carbocycles. The number of hydrogen-bond donors (Lipinski definition) is 2. The average Bonchev–Trinajstić information content (AvgIpc) is 2.45. The highest BCUT2D eigenvalue weighted by Gasteiger charge is 2.26. The number of carbonyl (C=O) groups is 2. The van der Waals surface area contributed by atoms with E-state index in [0.717, 1.165) is 9.26 Å². The number of likely N-dealkylation sites (tertiary alicyclic amines) is 1. The number of carboxylic acid groups (broad SMARTS) is 1. The molecule has 0 spiro atoms. The van der Waals surface area contributed by atoms with Crippen LogP contribution in [0.5, 0.6) is 0 Å². The van der Waals surface area contributed by atoms with Crippen molar-refractivity contribution in [2.45, 2.75) is 12.8 Å². The summed E-state index contributed by atoms with van der Waals surface area (Å²) in [5.74, 6) is -1.04. The molecule has 0 saturated carbocycles. The first-order valence-corrected chi connectivity index (χ1v) is 7.64. The molecule has 0 aliphatic carbocycles. The second-order valence-electron chi connectivity index (χ2n) is 4.86. The number of piperidine rings is 1. The minimum Gasteiger partial charge on any atom is -0.481 e. The van der Waals surface area contributed by atoms with Crippen LogP contribution in [0, 0.1) is 9.49 Å². The Morgan fingerprint density at radius 3 is 2.65 bits per heavy atom. The van der Waals surface area contributed by atoms with E-state index in [1.807, 2.05) is 24.3 Å². The van der Waals surface area contributed by atoms with E-state index < -0.39 is 5.97 Å². The molecule has 2 N–H and O–H groups in total. The number of amides is 1. The van der Waals surface area contributed by atoms with Gasteiger partial charge in [-0.3, -0.25) is 9.59 Å². The summed E-state index contributed by atoms with van der Waals surface area (Å²) in [6, 6.07) is 7.83. The normalized spacial score (nSPS) is 15.9. The van der Waals surface area contributed by atoms with Crippen molar-refractivity contribution in [3.8, 4) is 0 Å². The first-order chi connectivity index (χ1) is 9.56. The van der Waals surface area contributed by atoms with Crippen LogP contribution in [0.4, 0.5) is 5.69 Å². The fourth-order valence-electron chi connectivity index (χ4n) is 2.26. The minimum atomic E-state index is -0.755. The summed E-state index contributed by atoms with van der Waals surface area (Å²) in [6.45, 7) is 1.31. The van der Waals surface area contributed by atoms with Crippen LogP contribution < -0.4 is 5.32 Å². The maximum atomic E-state index is 12.0. The maximum absolute atomic E-state index is 12.0. The standard InChI is InChI=1S/C14H17IN2O3/c15-11-2-1-3-12(8-11)16-9-13(18)17-6-4-10(5-7-17)14(19)20/h1-3,8,10,16H,4-7,9H2,(H,19,20). The molecule has 1 saturated heterocycles. The van der Waals surface area contributed by atoms with E-state index in [2.05, 4.69) is 27.9 Å². The molecule has 1 amide bonds. The summed E-state index contributed by atoms with van der Waals surface area (Å²) in [4.78, 5) is 24.6. The van der Waals surface area contributed by atoms with Crippen LogP contribution in [-0.2, 0) is 9.59 Å². The van der Waals surface area contributed by atoms with Crippen LogP contribution in [0.1, 0.15) is 12.8 Å². The molecule has 0 bridgehead atoms. The van der Waals surface area contributed by atoms with Crippen molar-refractivity contribution >= 4 is 40.2 Å². The molecule has 0 unspecified atom stereocenters. The number of carbonyl (C=O) groups excluding carboxylic acids is 1. The van der Waals surface area contributed by atoms with Crippen molar-refractivity contribution in [1.29, 1.82) is 0 Å². The predicted molar refractivity (Wildman–Crippen MR) is 84.6 cm³/mol. The fraction of sp³-hybridized carbons (Fsp3) is 0.429. The molecule has 1 aromatic rings. The van der Waals surface area contributed by atoms with E-state index >= 15 is 0 Å². The highest BCUT2D eigenvalue weighted by atomic mass is 127. The molecule has 1 aliphatic rings. The number of anilines is 1. The SMILES string of the molecule is O=C(O)C1CCN(C(=O)CNc2cccc(I)c2)CC1. The minimum absolute atomic E-state index is 0.0210. The molecule has 1 fully saturated rings. The Morgan fingerprint density at radius 2 is 2.05 bits per heavy atom. The van der Waals surface area contributed by atoms with Gasteiger partial charge in [0.2, 0.25) is 5.91 Å². The Labute approximate surface area is 131 Å². The molecule has 2 rings (SSSR count). The number of benzene rings is 1. The van der Waals surface area contributed by atoms with Gasteiger partial charge in [0.15, 0.2) is 0 Å². The van der Waals surface area contributed by atoms with Gasteiger partial charge in [0.05, 0.1) is 12.5 Å². The maximum Gasteiger partial charge on any atom is 0.306 e. The first-order valence-electron chi connectivity index (χ1n) is 6.56. The van der Waals surface area contributed by atoms with Gasteiger partial charge < -0.3 is 15.3 Å². The summed E-state index contributed by atoms with van der Waals surface area (Å²) in [5, 5.41) is 12.0. The summed E-state index contributed by atoms with van der Waals surface area (Å²) in [5.41, 5.74) is 0.922. The van der Waals surface area contributed by atoms with Gasteiger partial charge in [-0.2, -0.15) is 0 Å². The van der Waals surface area contributed by atoms with Gasteiger partial charge in [-0.15, -0.1) is 0 Å². The summed E-state index contributed by atoms with van der Waals surface area (Å²) >= 11 is 2.22. The van der Waals surface area contributed by atoms with Crippen LogP contribution in [-0.4, -0.2) is 41.5 Å². The lowest BCUT2D eigenvalue weighted by atomic mass is 9.97. The van der Waals surface area contributed by atoms with Crippen molar-refractivity contribution in [3.63, 3.8) is 0 Å². The van der Waals surface area contributed by atoms with E-state index in [1.54, 1.807) is 4.90 Å². The van der Waals surface area contributed by atoms with Crippen LogP contribution >= 0.6 is 22.6 Å². The van der Waals surface area contributed by atoms with Gasteiger partial charge in [0, 0.05) is 22.3 Å². The van der Waals surface area contributed by atoms with Gasteiger partial charge in [0.25, 0.3) is 0 Å². The molecular formula is C14H17IN2O3. The lowest BCUT2D eigenvalue weighted by Gasteiger charge is -2.30. The van der Waals surface area contributed by atoms with Gasteiger partial charge in [-0.25, -0.2) is 0 Å². The molecule has 1 aliphatic heterocycles. The summed E-state index contributed by atoms with van der Waals surface area (Å²) in [6.07, 6.45) is 1.09. The third kappa shape index (κ3) is 4.09. The van der Waals surface area contributed by atoms with E-state index in [4.69, 9.17) is 5.11 Å². The van der Waals surface area contributed by atoms with E-state index in [9.17, 15) is 9.59 Å². The largest absolute Gasteiger partial charge is 0.481 e. The zero-order valence-electron chi connectivity index (χ0n) is 11.0. The third-order valence-electron chi connectivity index (χ3n) is 3.47. The molecule has 6 heteroatoms. The van der Waals surface area contributed by atoms with Crippen molar-refractivity contribution in [2.24, 2.45) is 5.92 Å². The smallest absolute Gasteiger partial charge is 0.306 e. The summed E-state index contributed by atoms with van der Waals surface area (Å²) in [7, 11) is 0. The lowest BCUT2D eigenvalue weighted by molar-refractivity contribution is -0.145. The number of nitrogens with one attached hydrogen (secondary N) is 1. The zero-order valence-corrected chi connectivity index (χ0v) is 13.2. The number of carboxylic acids is 1. The lowest BCUT2D eigenvalue weighted by Crippen LogP contribution is -2.42. The van der Waals surface area contributed by atoms with E-state index in [0.29, 0.717) is 25.9 Å². The van der Waals surface area contributed by atoms with Crippen LogP contribution in [0.2, 0.25) is 0 Å². The van der Waals surface area contributed by atoms with Gasteiger partial charge in [-0.05, 0) is 53.6 Å². The van der Waals surface area contributed by atoms with Gasteiger partial charge in [0.1, 0.15) is 0 Å². The molecule has 1 heterocycles. The van der Waals surface area contributed by atoms with Crippen molar-refractivity contribution in [1.82, 2.24) is 4.90 Å². The number of rotatable bonds is 4. The van der Waals surface area contributed by atoms with E-state index in [-0.39, 0.29) is 18.4 Å². The molecule has 0 radical (unpaired) electrons. The molecule has 5 nitrogen and oxygen atoms in total. The average molecular weight is 388 g/mol. The molecule has 0 aromatic heterocycles. The van der Waals surface area contributed by atoms with E-state index in [1.165, 1.54) is 0 Å². The van der Waals surface area contributed by atoms with Crippen molar-refractivity contribution < 1.29 is 14.7 Å². The number of halogens is 1. The number of nitrogens with zero attached hydrogens (tertiary/aromatic N) is 1. The highest BCUT2D eigenvalue weighted by molar-refractivity contribution is 14.1. The monoisotopic (exact) mass is 388 g/mol. The zero-order chi connectivity index (χ0) is 14.5. The topological polar surface area (TPSA) is 69.6 Å². The predicted octanol–water partition coefficient (Wildman–Crippen LogP) is 2.03. The number of hydrogen-bond acceptors (Lipinski definition) is 3. The Hall–Kier alpha value is -1.31. The Bertz CT molecular complexity index is 499. The molecule has 20 heavy (non-hydrogen) atoms. The van der Waals surface area contributed by atoms with Crippen LogP contribution in [0.15, 0.2) is 24.3 Å². The molecule has 0 atom stereocenters. The quantitative estimate of drug-likeness (QED) is 0.775. The summed E-state index contributed by atoms with van der Waals surface area (Å²) < 4.78 is 1.11. The van der Waals surface area contributed by atoms with Gasteiger partial charge >= 0.3 is 5.97 Å². The molecular weight excluding hydrogens is 371 g/mol. The highest BCUT2D eigenvalue weighted by Crippen LogP contribution is 2.17. The van der Waals surface area contributed by atoms with Gasteiger partial charge in [-0.1, -0.05) is 6.07 Å². The second-order valence-corrected chi connectivity index (χ2v) is 6.10. The molecule has 108 valence electrons. The Morgan fingerprint density at radius 1 is 1.35 bits per heavy atom. The van der Waals surface area contributed by atoms with Crippen LogP contribution in [0.3, 0.4) is 0 Å². The number of aliphatic carboxylic acids is 1. The Balaban J connectivity index is 1.80.